The Labute approximate surface area is 110 Å². The number of carbonyl (C=O) groups excluding carboxylic acids is 2. The second kappa shape index (κ2) is 5.48. The summed E-state index contributed by atoms with van der Waals surface area (Å²) in [5.41, 5.74) is 0.300. The summed E-state index contributed by atoms with van der Waals surface area (Å²) in [4.78, 5) is 27.5. The van der Waals surface area contributed by atoms with Gasteiger partial charge in [0.05, 0.1) is 7.11 Å². The van der Waals surface area contributed by atoms with E-state index < -0.39 is 17.9 Å². The lowest BCUT2D eigenvalue weighted by Crippen LogP contribution is -2.39. The van der Waals surface area contributed by atoms with E-state index in [0.717, 1.165) is 10.8 Å². The Morgan fingerprint density at radius 3 is 2.74 bits per heavy atom. The Hall–Kier alpha value is -2.43. The minimum Gasteiger partial charge on any atom is -0.467 e. The van der Waals surface area contributed by atoms with Gasteiger partial charge in [-0.15, -0.1) is 0 Å². The third-order valence-electron chi connectivity index (χ3n) is 2.79. The van der Waals surface area contributed by atoms with Crippen LogP contribution in [0, 0.1) is 0 Å². The summed E-state index contributed by atoms with van der Waals surface area (Å²) in [5.74, 6) is -0.886. The lowest BCUT2D eigenvalue weighted by Gasteiger charge is -2.12. The molecule has 1 heterocycles. The number of rotatable bonds is 3. The Bertz CT molecular complexity index is 620. The van der Waals surface area contributed by atoms with Crippen LogP contribution in [0.1, 0.15) is 17.4 Å². The Balaban J connectivity index is 2.29. The number of methoxy groups -OCH3 is 1. The van der Waals surface area contributed by atoms with Crippen LogP contribution >= 0.6 is 0 Å². The van der Waals surface area contributed by atoms with Gasteiger partial charge in [-0.25, -0.2) is 4.79 Å². The summed E-state index contributed by atoms with van der Waals surface area (Å²) in [5, 5.41) is 4.24. The van der Waals surface area contributed by atoms with E-state index in [1.54, 1.807) is 13.1 Å². The van der Waals surface area contributed by atoms with Crippen LogP contribution in [-0.2, 0) is 9.53 Å². The molecular formula is C14H14N2O3. The molecule has 0 aliphatic heterocycles. The zero-order valence-electron chi connectivity index (χ0n) is 10.7. The molecule has 0 fully saturated rings. The molecule has 1 aromatic heterocycles. The third kappa shape index (κ3) is 2.70. The standard InChI is InChI=1S/C14H14N2O3/c1-9(14(18)19-2)16-13(17)12-11-6-4-3-5-10(11)7-8-15-12/h3-9H,1-2H3,(H,16,17). The highest BCUT2D eigenvalue weighted by Gasteiger charge is 2.18. The van der Waals surface area contributed by atoms with Crippen molar-refractivity contribution in [1.82, 2.24) is 10.3 Å². The first-order valence-electron chi connectivity index (χ1n) is 5.86. The maximum Gasteiger partial charge on any atom is 0.328 e. The predicted octanol–water partition coefficient (Wildman–Crippen LogP) is 1.53. The van der Waals surface area contributed by atoms with Crippen molar-refractivity contribution in [2.45, 2.75) is 13.0 Å². The Morgan fingerprint density at radius 1 is 1.26 bits per heavy atom. The van der Waals surface area contributed by atoms with Gasteiger partial charge in [-0.3, -0.25) is 9.78 Å². The number of nitrogens with one attached hydrogen (secondary N) is 1. The average molecular weight is 258 g/mol. The van der Waals surface area contributed by atoms with Gasteiger partial charge in [-0.05, 0) is 18.4 Å². The Morgan fingerprint density at radius 2 is 2.00 bits per heavy atom. The van der Waals surface area contributed by atoms with Crippen molar-refractivity contribution in [3.63, 3.8) is 0 Å². The van der Waals surface area contributed by atoms with Gasteiger partial charge in [0.15, 0.2) is 0 Å². The quantitative estimate of drug-likeness (QED) is 0.848. The highest BCUT2D eigenvalue weighted by Crippen LogP contribution is 2.16. The molecule has 1 N–H and O–H groups in total. The number of aromatic nitrogens is 1. The largest absolute Gasteiger partial charge is 0.467 e. The van der Waals surface area contributed by atoms with Crippen molar-refractivity contribution < 1.29 is 14.3 Å². The molecule has 0 aliphatic carbocycles. The fourth-order valence-electron chi connectivity index (χ4n) is 1.80. The first-order valence-corrected chi connectivity index (χ1v) is 5.86. The molecule has 0 radical (unpaired) electrons. The number of ether oxygens (including phenoxy) is 1. The van der Waals surface area contributed by atoms with Crippen LogP contribution in [0.25, 0.3) is 10.8 Å². The molecule has 19 heavy (non-hydrogen) atoms. The number of esters is 1. The topological polar surface area (TPSA) is 68.3 Å². The highest BCUT2D eigenvalue weighted by molar-refractivity contribution is 6.06. The van der Waals surface area contributed by atoms with Crippen LogP contribution < -0.4 is 5.32 Å². The van der Waals surface area contributed by atoms with Crippen LogP contribution in [0.15, 0.2) is 36.5 Å². The van der Waals surface area contributed by atoms with Gasteiger partial charge >= 0.3 is 5.97 Å². The van der Waals surface area contributed by atoms with Gasteiger partial charge in [-0.2, -0.15) is 0 Å². The molecule has 5 nitrogen and oxygen atoms in total. The number of benzene rings is 1. The maximum absolute atomic E-state index is 12.1. The van der Waals surface area contributed by atoms with E-state index in [2.05, 4.69) is 15.0 Å². The second-order valence-electron chi connectivity index (χ2n) is 4.10. The second-order valence-corrected chi connectivity index (χ2v) is 4.10. The molecule has 1 unspecified atom stereocenters. The molecule has 0 spiro atoms. The zero-order valence-corrected chi connectivity index (χ0v) is 10.7. The highest BCUT2D eigenvalue weighted by atomic mass is 16.5. The molecular weight excluding hydrogens is 244 g/mol. The normalized spacial score (nSPS) is 11.9. The van der Waals surface area contributed by atoms with Gasteiger partial charge < -0.3 is 10.1 Å². The van der Waals surface area contributed by atoms with Crippen LogP contribution in [0.4, 0.5) is 0 Å². The van der Waals surface area contributed by atoms with E-state index in [1.807, 2.05) is 30.3 Å². The smallest absolute Gasteiger partial charge is 0.328 e. The summed E-state index contributed by atoms with van der Waals surface area (Å²) >= 11 is 0. The number of hydrogen-bond donors (Lipinski definition) is 1. The SMILES string of the molecule is COC(=O)C(C)NC(=O)c1nccc2ccccc12. The average Bonchev–Trinajstić information content (AvgIpc) is 2.45. The van der Waals surface area contributed by atoms with Gasteiger partial charge in [0.1, 0.15) is 11.7 Å². The number of hydrogen-bond acceptors (Lipinski definition) is 4. The van der Waals surface area contributed by atoms with Crippen molar-refractivity contribution in [1.29, 1.82) is 0 Å². The van der Waals surface area contributed by atoms with Crippen LogP contribution in [0.5, 0.6) is 0 Å². The van der Waals surface area contributed by atoms with E-state index in [1.165, 1.54) is 7.11 Å². The Kier molecular flexibility index (Phi) is 3.75. The molecule has 2 aromatic rings. The summed E-state index contributed by atoms with van der Waals surface area (Å²) in [7, 11) is 1.28. The van der Waals surface area contributed by atoms with Gasteiger partial charge in [0.2, 0.25) is 0 Å². The molecule has 5 heteroatoms. The van der Waals surface area contributed by atoms with E-state index in [4.69, 9.17) is 0 Å². The minimum atomic E-state index is -0.710. The summed E-state index contributed by atoms with van der Waals surface area (Å²) < 4.78 is 4.56. The molecule has 1 atom stereocenters. The number of amides is 1. The minimum absolute atomic E-state index is 0.300. The molecule has 0 bridgehead atoms. The molecule has 1 aromatic carbocycles. The van der Waals surface area contributed by atoms with Crippen molar-refractivity contribution in [2.24, 2.45) is 0 Å². The zero-order chi connectivity index (χ0) is 13.8. The van der Waals surface area contributed by atoms with Crippen LogP contribution in [-0.4, -0.2) is 30.0 Å². The predicted molar refractivity (Wildman–Crippen MR) is 70.7 cm³/mol. The fraction of sp³-hybridized carbons (Fsp3) is 0.214. The van der Waals surface area contributed by atoms with E-state index >= 15 is 0 Å². The number of fused-ring (bicyclic) bond motifs is 1. The van der Waals surface area contributed by atoms with Crippen molar-refractivity contribution in [2.75, 3.05) is 7.11 Å². The lowest BCUT2D eigenvalue weighted by molar-refractivity contribution is -0.142. The molecule has 98 valence electrons. The van der Waals surface area contributed by atoms with Crippen molar-refractivity contribution in [3.05, 3.63) is 42.2 Å². The van der Waals surface area contributed by atoms with Gasteiger partial charge in [0.25, 0.3) is 5.91 Å². The van der Waals surface area contributed by atoms with E-state index in [-0.39, 0.29) is 0 Å². The molecule has 1 amide bonds. The molecule has 0 saturated carbocycles. The van der Waals surface area contributed by atoms with Gasteiger partial charge in [0, 0.05) is 11.6 Å². The van der Waals surface area contributed by atoms with E-state index in [9.17, 15) is 9.59 Å². The number of pyridine rings is 1. The summed E-state index contributed by atoms with van der Waals surface area (Å²) in [6.07, 6.45) is 1.57. The lowest BCUT2D eigenvalue weighted by atomic mass is 10.1. The maximum atomic E-state index is 12.1. The number of carbonyl (C=O) groups is 2. The van der Waals surface area contributed by atoms with Gasteiger partial charge in [-0.1, -0.05) is 24.3 Å². The molecule has 2 rings (SSSR count). The first-order chi connectivity index (χ1) is 9.13. The fourth-order valence-corrected chi connectivity index (χ4v) is 1.80. The van der Waals surface area contributed by atoms with Crippen LogP contribution in [0.2, 0.25) is 0 Å². The molecule has 0 aliphatic rings. The van der Waals surface area contributed by atoms with Crippen LogP contribution in [0.3, 0.4) is 0 Å². The number of nitrogens with zero attached hydrogens (tertiary/aromatic N) is 1. The summed E-state index contributed by atoms with van der Waals surface area (Å²) in [6, 6.07) is 8.57. The summed E-state index contributed by atoms with van der Waals surface area (Å²) in [6.45, 7) is 1.56. The monoisotopic (exact) mass is 258 g/mol. The van der Waals surface area contributed by atoms with Crippen molar-refractivity contribution >= 4 is 22.6 Å². The molecule has 0 saturated heterocycles. The van der Waals surface area contributed by atoms with Crippen molar-refractivity contribution in [3.8, 4) is 0 Å². The first kappa shape index (κ1) is 13.0. The third-order valence-corrected chi connectivity index (χ3v) is 2.79. The van der Waals surface area contributed by atoms with E-state index in [0.29, 0.717) is 5.69 Å².